The van der Waals surface area contributed by atoms with Crippen molar-refractivity contribution in [1.29, 1.82) is 0 Å². The van der Waals surface area contributed by atoms with Crippen LogP contribution in [0.15, 0.2) is 24.5 Å². The molecule has 0 aliphatic carbocycles. The van der Waals surface area contributed by atoms with E-state index in [1.54, 1.807) is 24.5 Å². The molecule has 0 aromatic carbocycles. The molecule has 0 saturated carbocycles. The number of hydrogen-bond donors (Lipinski definition) is 1. The van der Waals surface area contributed by atoms with Crippen molar-refractivity contribution in [2.75, 3.05) is 26.2 Å². The molecule has 1 aromatic heterocycles. The van der Waals surface area contributed by atoms with Crippen molar-refractivity contribution in [3.63, 3.8) is 0 Å². The Labute approximate surface area is 120 Å². The number of nitrogens with one attached hydrogen (secondary N) is 1. The minimum atomic E-state index is 0.160. The van der Waals surface area contributed by atoms with Gasteiger partial charge < -0.3 is 10.2 Å². The number of aromatic nitrogens is 1. The molecule has 4 heteroatoms. The molecule has 1 aromatic rings. The van der Waals surface area contributed by atoms with Crippen molar-refractivity contribution in [3.8, 4) is 0 Å². The minimum absolute atomic E-state index is 0.160. The zero-order valence-electron chi connectivity index (χ0n) is 11.9. The number of carbonyl (C=O) groups is 1. The standard InChI is InChI=1S/C16H23N3O/c20-16(14-3-8-17-9-4-14)19-10-5-13(6-11-19)15-2-1-7-18-12-15/h3-4,8-9,13,15,18H,1-2,5-7,10-12H2. The molecule has 2 aliphatic rings. The number of carbonyl (C=O) groups excluding carboxylic acids is 1. The summed E-state index contributed by atoms with van der Waals surface area (Å²) in [5, 5.41) is 3.50. The first-order valence-corrected chi connectivity index (χ1v) is 7.74. The second-order valence-electron chi connectivity index (χ2n) is 5.97. The molecular weight excluding hydrogens is 250 g/mol. The Bertz CT molecular complexity index is 434. The van der Waals surface area contributed by atoms with Crippen LogP contribution in [0.3, 0.4) is 0 Å². The zero-order chi connectivity index (χ0) is 13.8. The fraction of sp³-hybridized carbons (Fsp3) is 0.625. The summed E-state index contributed by atoms with van der Waals surface area (Å²) in [6.45, 7) is 4.16. The van der Waals surface area contributed by atoms with E-state index >= 15 is 0 Å². The van der Waals surface area contributed by atoms with Gasteiger partial charge in [0, 0.05) is 31.0 Å². The molecule has 20 heavy (non-hydrogen) atoms. The monoisotopic (exact) mass is 273 g/mol. The van der Waals surface area contributed by atoms with Crippen molar-refractivity contribution >= 4 is 5.91 Å². The topological polar surface area (TPSA) is 45.2 Å². The lowest BCUT2D eigenvalue weighted by Crippen LogP contribution is -2.43. The molecule has 2 saturated heterocycles. The van der Waals surface area contributed by atoms with Crippen LogP contribution < -0.4 is 5.32 Å². The van der Waals surface area contributed by atoms with Crippen LogP contribution in [0.2, 0.25) is 0 Å². The average molecular weight is 273 g/mol. The van der Waals surface area contributed by atoms with E-state index < -0.39 is 0 Å². The highest BCUT2D eigenvalue weighted by Crippen LogP contribution is 2.29. The van der Waals surface area contributed by atoms with Crippen LogP contribution in [0, 0.1) is 11.8 Å². The number of likely N-dealkylation sites (tertiary alicyclic amines) is 1. The van der Waals surface area contributed by atoms with Gasteiger partial charge in [-0.2, -0.15) is 0 Å². The van der Waals surface area contributed by atoms with E-state index in [1.807, 2.05) is 4.90 Å². The van der Waals surface area contributed by atoms with E-state index in [1.165, 1.54) is 25.9 Å². The van der Waals surface area contributed by atoms with Gasteiger partial charge in [0.25, 0.3) is 5.91 Å². The summed E-state index contributed by atoms with van der Waals surface area (Å²) >= 11 is 0. The van der Waals surface area contributed by atoms with Gasteiger partial charge in [-0.25, -0.2) is 0 Å². The summed E-state index contributed by atoms with van der Waals surface area (Å²) in [6, 6.07) is 3.61. The van der Waals surface area contributed by atoms with E-state index in [-0.39, 0.29) is 5.91 Å². The summed E-state index contributed by atoms with van der Waals surface area (Å²) in [5.74, 6) is 1.78. The third-order valence-electron chi connectivity index (χ3n) is 4.76. The molecule has 3 rings (SSSR count). The van der Waals surface area contributed by atoms with E-state index in [9.17, 15) is 4.79 Å². The third kappa shape index (κ3) is 3.01. The van der Waals surface area contributed by atoms with Crippen LogP contribution in [0.4, 0.5) is 0 Å². The molecule has 0 radical (unpaired) electrons. The highest BCUT2D eigenvalue weighted by molar-refractivity contribution is 5.94. The van der Waals surface area contributed by atoms with Crippen molar-refractivity contribution in [1.82, 2.24) is 15.2 Å². The first kappa shape index (κ1) is 13.6. The van der Waals surface area contributed by atoms with Crippen LogP contribution >= 0.6 is 0 Å². The normalized spacial score (nSPS) is 24.6. The predicted molar refractivity (Wildman–Crippen MR) is 78.5 cm³/mol. The van der Waals surface area contributed by atoms with Gasteiger partial charge in [0.2, 0.25) is 0 Å². The molecular formula is C16H23N3O. The van der Waals surface area contributed by atoms with Gasteiger partial charge in [0.05, 0.1) is 0 Å². The van der Waals surface area contributed by atoms with E-state index in [2.05, 4.69) is 10.3 Å². The maximum atomic E-state index is 12.4. The molecule has 1 atom stereocenters. The maximum absolute atomic E-state index is 12.4. The van der Waals surface area contributed by atoms with E-state index in [0.717, 1.165) is 43.3 Å². The van der Waals surface area contributed by atoms with E-state index in [4.69, 9.17) is 0 Å². The first-order chi connectivity index (χ1) is 9.84. The van der Waals surface area contributed by atoms with Crippen molar-refractivity contribution in [3.05, 3.63) is 30.1 Å². The molecule has 108 valence electrons. The van der Waals surface area contributed by atoms with Gasteiger partial charge in [-0.3, -0.25) is 9.78 Å². The van der Waals surface area contributed by atoms with Crippen molar-refractivity contribution in [2.24, 2.45) is 11.8 Å². The number of pyridine rings is 1. The molecule has 0 spiro atoms. The largest absolute Gasteiger partial charge is 0.339 e. The highest BCUT2D eigenvalue weighted by Gasteiger charge is 2.29. The molecule has 0 bridgehead atoms. The minimum Gasteiger partial charge on any atom is -0.339 e. The Morgan fingerprint density at radius 2 is 1.90 bits per heavy atom. The fourth-order valence-electron chi connectivity index (χ4n) is 3.53. The molecule has 4 nitrogen and oxygen atoms in total. The lowest BCUT2D eigenvalue weighted by molar-refractivity contribution is 0.0645. The van der Waals surface area contributed by atoms with Crippen molar-refractivity contribution < 1.29 is 4.79 Å². The quantitative estimate of drug-likeness (QED) is 0.895. The molecule has 1 amide bonds. The number of hydrogen-bond acceptors (Lipinski definition) is 3. The second-order valence-corrected chi connectivity index (χ2v) is 5.97. The van der Waals surface area contributed by atoms with Crippen LogP contribution in [0.5, 0.6) is 0 Å². The van der Waals surface area contributed by atoms with E-state index in [0.29, 0.717) is 0 Å². The Balaban J connectivity index is 1.54. The average Bonchev–Trinajstić information content (AvgIpc) is 2.56. The van der Waals surface area contributed by atoms with Gasteiger partial charge in [-0.1, -0.05) is 0 Å². The van der Waals surface area contributed by atoms with Gasteiger partial charge in [0.1, 0.15) is 0 Å². The summed E-state index contributed by atoms with van der Waals surface area (Å²) in [5.41, 5.74) is 0.762. The first-order valence-electron chi connectivity index (χ1n) is 7.74. The number of nitrogens with zero attached hydrogens (tertiary/aromatic N) is 2. The summed E-state index contributed by atoms with van der Waals surface area (Å²) < 4.78 is 0. The lowest BCUT2D eigenvalue weighted by atomic mass is 9.80. The Morgan fingerprint density at radius 3 is 2.55 bits per heavy atom. The number of rotatable bonds is 2. The highest BCUT2D eigenvalue weighted by atomic mass is 16.2. The molecule has 1 N–H and O–H groups in total. The Morgan fingerprint density at radius 1 is 1.15 bits per heavy atom. The fourth-order valence-corrected chi connectivity index (χ4v) is 3.53. The maximum Gasteiger partial charge on any atom is 0.253 e. The summed E-state index contributed by atoms with van der Waals surface area (Å²) in [4.78, 5) is 18.3. The Hall–Kier alpha value is -1.42. The van der Waals surface area contributed by atoms with Crippen LogP contribution in [-0.4, -0.2) is 42.0 Å². The molecule has 3 heterocycles. The van der Waals surface area contributed by atoms with Crippen LogP contribution in [-0.2, 0) is 0 Å². The van der Waals surface area contributed by atoms with Gasteiger partial charge >= 0.3 is 0 Å². The molecule has 1 unspecified atom stereocenters. The predicted octanol–water partition coefficient (Wildman–Crippen LogP) is 1.93. The SMILES string of the molecule is O=C(c1ccncc1)N1CCC(C2CCCNC2)CC1. The molecule has 2 fully saturated rings. The zero-order valence-corrected chi connectivity index (χ0v) is 11.9. The van der Waals surface area contributed by atoms with Crippen LogP contribution in [0.25, 0.3) is 0 Å². The van der Waals surface area contributed by atoms with Crippen LogP contribution in [0.1, 0.15) is 36.0 Å². The van der Waals surface area contributed by atoms with Crippen molar-refractivity contribution in [2.45, 2.75) is 25.7 Å². The third-order valence-corrected chi connectivity index (χ3v) is 4.76. The van der Waals surface area contributed by atoms with Gasteiger partial charge in [-0.15, -0.1) is 0 Å². The summed E-state index contributed by atoms with van der Waals surface area (Å²) in [6.07, 6.45) is 8.35. The summed E-state index contributed by atoms with van der Waals surface area (Å²) in [7, 11) is 0. The second kappa shape index (κ2) is 6.35. The van der Waals surface area contributed by atoms with Gasteiger partial charge in [-0.05, 0) is 62.7 Å². The Kier molecular flexibility index (Phi) is 4.31. The number of piperidine rings is 2. The van der Waals surface area contributed by atoms with Gasteiger partial charge in [0.15, 0.2) is 0 Å². The molecule has 2 aliphatic heterocycles. The smallest absolute Gasteiger partial charge is 0.253 e. The number of amides is 1. The lowest BCUT2D eigenvalue weighted by Gasteiger charge is -2.37.